The minimum absolute atomic E-state index is 0.0535. The number of cyclic esters (lactones) is 1. The molecule has 0 radical (unpaired) electrons. The zero-order valence-corrected chi connectivity index (χ0v) is 21.5. The van der Waals surface area contributed by atoms with E-state index in [1.165, 1.54) is 11.8 Å². The number of rotatable bonds is 6. The van der Waals surface area contributed by atoms with E-state index in [9.17, 15) is 14.4 Å². The number of nitrogens with one attached hydrogen (secondary N) is 2. The zero-order valence-electron chi connectivity index (χ0n) is 20.7. The summed E-state index contributed by atoms with van der Waals surface area (Å²) in [6, 6.07) is 10.9. The van der Waals surface area contributed by atoms with Crippen molar-refractivity contribution in [2.75, 3.05) is 54.6 Å². The molecule has 6 rings (SSSR count). The van der Waals surface area contributed by atoms with Crippen molar-refractivity contribution in [1.29, 1.82) is 0 Å². The van der Waals surface area contributed by atoms with Crippen molar-refractivity contribution in [1.82, 2.24) is 14.9 Å². The van der Waals surface area contributed by atoms with Crippen LogP contribution < -0.4 is 20.3 Å². The van der Waals surface area contributed by atoms with Crippen LogP contribution in [0.1, 0.15) is 6.42 Å². The summed E-state index contributed by atoms with van der Waals surface area (Å²) in [4.78, 5) is 50.9. The largest absolute Gasteiger partial charge is 0.481 e. The molecule has 196 valence electrons. The fraction of sp³-hybridized carbons (Fsp3) is 0.346. The van der Waals surface area contributed by atoms with Crippen molar-refractivity contribution >= 4 is 57.8 Å². The maximum absolute atomic E-state index is 13.1. The summed E-state index contributed by atoms with van der Waals surface area (Å²) in [5.41, 5.74) is 3.24. The van der Waals surface area contributed by atoms with Gasteiger partial charge in [-0.1, -0.05) is 0 Å². The van der Waals surface area contributed by atoms with Gasteiger partial charge in [-0.05, 0) is 43.3 Å². The molecule has 2 aromatic heterocycles. The predicted octanol–water partition coefficient (Wildman–Crippen LogP) is 2.97. The second-order valence-corrected chi connectivity index (χ2v) is 10.5. The predicted molar refractivity (Wildman–Crippen MR) is 143 cm³/mol. The third kappa shape index (κ3) is 4.84. The molecule has 0 saturated carbocycles. The van der Waals surface area contributed by atoms with E-state index in [1.54, 1.807) is 36.4 Å². The molecule has 2 atom stereocenters. The minimum atomic E-state index is -0.411. The molecule has 0 spiro atoms. The molecule has 1 aromatic carbocycles. The number of aromatic nitrogens is 2. The van der Waals surface area contributed by atoms with Crippen LogP contribution in [0, 0.1) is 5.92 Å². The maximum atomic E-state index is 13.1. The highest BCUT2D eigenvalue weighted by molar-refractivity contribution is 8.00. The van der Waals surface area contributed by atoms with Crippen LogP contribution in [0.3, 0.4) is 0 Å². The molecule has 12 heteroatoms. The topological polar surface area (TPSA) is 126 Å². The molecule has 3 aliphatic heterocycles. The number of benzene rings is 1. The second kappa shape index (κ2) is 10.1. The van der Waals surface area contributed by atoms with Gasteiger partial charge in [0, 0.05) is 35.9 Å². The quantitative estimate of drug-likeness (QED) is 0.491. The lowest BCUT2D eigenvalue weighted by molar-refractivity contribution is -0.119. The van der Waals surface area contributed by atoms with E-state index < -0.39 is 6.09 Å². The Morgan fingerprint density at radius 1 is 1.24 bits per heavy atom. The molecule has 5 heterocycles. The monoisotopic (exact) mass is 534 g/mol. The Kier molecular flexibility index (Phi) is 6.50. The van der Waals surface area contributed by atoms with Crippen LogP contribution in [-0.2, 0) is 14.3 Å². The van der Waals surface area contributed by atoms with Crippen LogP contribution in [0.15, 0.2) is 47.5 Å². The Balaban J connectivity index is 1.06. The third-order valence-corrected chi connectivity index (χ3v) is 7.99. The van der Waals surface area contributed by atoms with Crippen LogP contribution in [0.4, 0.5) is 21.9 Å². The Morgan fingerprint density at radius 2 is 2.13 bits per heavy atom. The number of fused-ring (bicyclic) bond motifs is 2. The van der Waals surface area contributed by atoms with Gasteiger partial charge in [0.1, 0.15) is 11.6 Å². The van der Waals surface area contributed by atoms with E-state index in [4.69, 9.17) is 9.47 Å². The van der Waals surface area contributed by atoms with Gasteiger partial charge in [-0.25, -0.2) is 9.78 Å². The number of anilines is 3. The fourth-order valence-corrected chi connectivity index (χ4v) is 5.81. The van der Waals surface area contributed by atoms with Crippen molar-refractivity contribution in [3.05, 3.63) is 42.6 Å². The van der Waals surface area contributed by atoms with Gasteiger partial charge in [0.2, 0.25) is 17.7 Å². The number of likely N-dealkylation sites (tertiary alicyclic amines) is 1. The summed E-state index contributed by atoms with van der Waals surface area (Å²) < 4.78 is 10.9. The maximum Gasteiger partial charge on any atom is 0.414 e. The summed E-state index contributed by atoms with van der Waals surface area (Å²) in [6.07, 6.45) is 1.62. The number of methoxy groups -OCH3 is 1. The molecule has 1 unspecified atom stereocenters. The van der Waals surface area contributed by atoms with Gasteiger partial charge in [-0.2, -0.15) is 0 Å². The van der Waals surface area contributed by atoms with E-state index in [1.807, 2.05) is 18.2 Å². The number of ether oxygens (including phenoxy) is 2. The van der Waals surface area contributed by atoms with Gasteiger partial charge in [0.25, 0.3) is 0 Å². The van der Waals surface area contributed by atoms with Crippen LogP contribution in [0.2, 0.25) is 0 Å². The lowest BCUT2D eigenvalue weighted by Crippen LogP contribution is -2.35. The number of amides is 3. The second-order valence-electron chi connectivity index (χ2n) is 9.45. The Labute approximate surface area is 222 Å². The SMILES string of the molecule is COc1ccc2nccc(NC(=O)C3CCN(C[C@@H]4CN(c5ccc6c(c5)NC(=O)CS6)C(=O)O4)C3)c2n1. The number of nitrogens with zero attached hydrogens (tertiary/aromatic N) is 4. The Bertz CT molecular complexity index is 1430. The first-order valence-corrected chi connectivity index (χ1v) is 13.3. The molecule has 3 amide bonds. The molecule has 2 N–H and O–H groups in total. The fourth-order valence-electron chi connectivity index (χ4n) is 5.02. The molecule has 3 aliphatic rings. The van der Waals surface area contributed by atoms with E-state index in [0.29, 0.717) is 65.8 Å². The summed E-state index contributed by atoms with van der Waals surface area (Å²) in [5, 5.41) is 5.87. The molecule has 0 bridgehead atoms. The average molecular weight is 535 g/mol. The Hall–Kier alpha value is -3.90. The van der Waals surface area contributed by atoms with Crippen molar-refractivity contribution < 1.29 is 23.9 Å². The van der Waals surface area contributed by atoms with Crippen LogP contribution in [-0.4, -0.2) is 77.9 Å². The normalized spacial score (nSPS) is 21.2. The highest BCUT2D eigenvalue weighted by Gasteiger charge is 2.37. The van der Waals surface area contributed by atoms with E-state index in [2.05, 4.69) is 25.5 Å². The third-order valence-electron chi connectivity index (χ3n) is 6.91. The first kappa shape index (κ1) is 24.4. The number of carbonyl (C=O) groups is 3. The lowest BCUT2D eigenvalue weighted by atomic mass is 10.1. The number of carbonyl (C=O) groups excluding carboxylic acids is 3. The van der Waals surface area contributed by atoms with Gasteiger partial charge < -0.3 is 20.1 Å². The summed E-state index contributed by atoms with van der Waals surface area (Å²) >= 11 is 1.48. The van der Waals surface area contributed by atoms with Gasteiger partial charge in [-0.3, -0.25) is 24.4 Å². The molecule has 3 aromatic rings. The van der Waals surface area contributed by atoms with Crippen molar-refractivity contribution in [3.63, 3.8) is 0 Å². The summed E-state index contributed by atoms with van der Waals surface area (Å²) in [7, 11) is 1.54. The van der Waals surface area contributed by atoms with E-state index >= 15 is 0 Å². The molecule has 2 fully saturated rings. The molecular weight excluding hydrogens is 508 g/mol. The van der Waals surface area contributed by atoms with Crippen molar-refractivity contribution in [3.8, 4) is 5.88 Å². The van der Waals surface area contributed by atoms with Crippen LogP contribution in [0.5, 0.6) is 5.88 Å². The van der Waals surface area contributed by atoms with Gasteiger partial charge in [-0.15, -0.1) is 11.8 Å². The van der Waals surface area contributed by atoms with E-state index in [0.717, 1.165) is 11.4 Å². The van der Waals surface area contributed by atoms with Crippen LogP contribution in [0.25, 0.3) is 11.0 Å². The van der Waals surface area contributed by atoms with Crippen LogP contribution >= 0.6 is 11.8 Å². The van der Waals surface area contributed by atoms with Gasteiger partial charge in [0.05, 0.1) is 42.2 Å². The molecule has 11 nitrogen and oxygen atoms in total. The molecular formula is C26H26N6O5S. The first-order chi connectivity index (χ1) is 18.5. The van der Waals surface area contributed by atoms with E-state index in [-0.39, 0.29) is 23.8 Å². The standard InChI is InChI=1S/C26H26N6O5S/c1-36-23-5-3-18-24(30-23)19(6-8-27-18)29-25(34)15-7-9-31(11-15)12-17-13-32(26(35)37-17)16-2-4-21-20(10-16)28-22(33)14-38-21/h2-6,8,10,15,17H,7,9,11-14H2,1H3,(H,28,33)(H,27,29,34)/t15?,17-/m1/s1. The number of hydrogen-bond donors (Lipinski definition) is 2. The minimum Gasteiger partial charge on any atom is -0.481 e. The smallest absolute Gasteiger partial charge is 0.414 e. The average Bonchev–Trinajstić information content (AvgIpc) is 3.54. The first-order valence-electron chi connectivity index (χ1n) is 12.3. The highest BCUT2D eigenvalue weighted by Crippen LogP contribution is 2.35. The highest BCUT2D eigenvalue weighted by atomic mass is 32.2. The van der Waals surface area contributed by atoms with Gasteiger partial charge >= 0.3 is 6.09 Å². The Morgan fingerprint density at radius 3 is 3.00 bits per heavy atom. The summed E-state index contributed by atoms with van der Waals surface area (Å²) in [5.74, 6) is 0.511. The number of pyridine rings is 2. The molecule has 0 aliphatic carbocycles. The van der Waals surface area contributed by atoms with Crippen molar-refractivity contribution in [2.45, 2.75) is 17.4 Å². The molecule has 38 heavy (non-hydrogen) atoms. The zero-order chi connectivity index (χ0) is 26.2. The summed E-state index contributed by atoms with van der Waals surface area (Å²) in [6.45, 7) is 2.25. The van der Waals surface area contributed by atoms with Gasteiger partial charge in [0.15, 0.2) is 0 Å². The molecule has 2 saturated heterocycles. The number of hydrogen-bond acceptors (Lipinski definition) is 9. The number of thioether (sulfide) groups is 1. The lowest BCUT2D eigenvalue weighted by Gasteiger charge is -2.21. The van der Waals surface area contributed by atoms with Crippen molar-refractivity contribution in [2.24, 2.45) is 5.92 Å².